The molecule has 10 heteroatoms. The van der Waals surface area contributed by atoms with Gasteiger partial charge in [0.25, 0.3) is 5.91 Å². The fourth-order valence-electron chi connectivity index (χ4n) is 6.89. The molecule has 0 unspecified atom stereocenters. The van der Waals surface area contributed by atoms with E-state index in [1.807, 2.05) is 0 Å². The first-order chi connectivity index (χ1) is 17.5. The Kier molecular flexibility index (Phi) is 6.85. The number of nitrogens with one attached hydrogen (secondary N) is 1. The number of likely N-dealkylation sites (tertiary alicyclic amines) is 1. The van der Waals surface area contributed by atoms with Crippen molar-refractivity contribution in [1.82, 2.24) is 10.2 Å². The molecule has 3 aliphatic carbocycles. The van der Waals surface area contributed by atoms with E-state index in [0.717, 1.165) is 18.4 Å². The summed E-state index contributed by atoms with van der Waals surface area (Å²) >= 11 is 0. The van der Waals surface area contributed by atoms with Crippen LogP contribution in [0.3, 0.4) is 0 Å². The maximum Gasteiger partial charge on any atom is 0.482 e. The molecular formula is C27H35BF2N2O5. The minimum atomic E-state index is -1.03. The smallest absolute Gasteiger partial charge is 0.444 e. The molecule has 2 saturated heterocycles. The minimum absolute atomic E-state index is 0.0606. The monoisotopic (exact) mass is 516 g/mol. The van der Waals surface area contributed by atoms with Crippen molar-refractivity contribution >= 4 is 19.1 Å². The summed E-state index contributed by atoms with van der Waals surface area (Å²) in [7, 11) is -0.693. The number of carbonyl (C=O) groups is 2. The number of halogens is 2. The molecule has 37 heavy (non-hydrogen) atoms. The second-order valence-electron chi connectivity index (χ2n) is 11.7. The van der Waals surface area contributed by atoms with Gasteiger partial charge in [-0.2, -0.15) is 0 Å². The molecule has 200 valence electrons. The molecule has 5 aliphatic rings. The van der Waals surface area contributed by atoms with Gasteiger partial charge in [0, 0.05) is 6.54 Å². The van der Waals surface area contributed by atoms with Crippen molar-refractivity contribution in [2.24, 2.45) is 17.3 Å². The van der Waals surface area contributed by atoms with Crippen LogP contribution in [-0.4, -0.2) is 60.9 Å². The van der Waals surface area contributed by atoms with E-state index in [9.17, 15) is 18.4 Å². The fraction of sp³-hybridized carbons (Fsp3) is 0.630. The Hall–Kier alpha value is -2.46. The lowest BCUT2D eigenvalue weighted by Crippen LogP contribution is -2.65. The molecule has 0 radical (unpaired) electrons. The lowest BCUT2D eigenvalue weighted by Gasteiger charge is -2.64. The van der Waals surface area contributed by atoms with E-state index in [1.54, 1.807) is 12.1 Å². The normalized spacial score (nSPS) is 32.7. The average Bonchev–Trinajstić information content (AvgIpc) is 3.21. The molecule has 2 aliphatic heterocycles. The van der Waals surface area contributed by atoms with Crippen LogP contribution in [0, 0.1) is 23.1 Å². The molecule has 6 rings (SSSR count). The van der Waals surface area contributed by atoms with Crippen molar-refractivity contribution < 1.29 is 32.4 Å². The van der Waals surface area contributed by atoms with Gasteiger partial charge < -0.3 is 24.3 Å². The molecule has 2 amide bonds. The molecule has 3 saturated carbocycles. The molecule has 6 atom stereocenters. The van der Waals surface area contributed by atoms with Crippen LogP contribution in [0.4, 0.5) is 13.6 Å². The molecule has 0 spiro atoms. The lowest BCUT2D eigenvalue weighted by molar-refractivity contribution is -0.199. The molecule has 2 heterocycles. The van der Waals surface area contributed by atoms with Crippen LogP contribution in [0.5, 0.6) is 0 Å². The third kappa shape index (κ3) is 4.90. The number of hydrogen-bond acceptors (Lipinski definition) is 5. The van der Waals surface area contributed by atoms with Gasteiger partial charge in [0.15, 0.2) is 5.83 Å². The lowest BCUT2D eigenvalue weighted by atomic mass is 9.43. The number of rotatable bonds is 6. The van der Waals surface area contributed by atoms with E-state index in [1.165, 1.54) is 17.0 Å². The fourth-order valence-corrected chi connectivity index (χ4v) is 6.89. The van der Waals surface area contributed by atoms with Crippen LogP contribution in [0.1, 0.15) is 52.0 Å². The number of benzene rings is 1. The Bertz CT molecular complexity index is 1070. The van der Waals surface area contributed by atoms with Crippen molar-refractivity contribution in [2.45, 2.75) is 76.6 Å². The second kappa shape index (κ2) is 9.69. The zero-order chi connectivity index (χ0) is 26.5. The molecular weight excluding hydrogens is 481 g/mol. The number of alkyl carbamates (subject to hydrolysis) is 1. The van der Waals surface area contributed by atoms with Crippen LogP contribution in [-0.2, 0) is 25.3 Å². The van der Waals surface area contributed by atoms with E-state index in [4.69, 9.17) is 14.0 Å². The average molecular weight is 516 g/mol. The quantitative estimate of drug-likeness (QED) is 0.453. The number of carbonyl (C=O) groups excluding carboxylic acids is 2. The van der Waals surface area contributed by atoms with Crippen molar-refractivity contribution in [3.8, 4) is 0 Å². The predicted octanol–water partition coefficient (Wildman–Crippen LogP) is 4.20. The van der Waals surface area contributed by atoms with Crippen molar-refractivity contribution in [2.75, 3.05) is 13.1 Å². The summed E-state index contributed by atoms with van der Waals surface area (Å²) in [5, 5.41) is 2.91. The number of nitrogens with zero attached hydrogens (tertiary/aromatic N) is 1. The topological polar surface area (TPSA) is 77.1 Å². The zero-order valence-electron chi connectivity index (χ0n) is 21.7. The summed E-state index contributed by atoms with van der Waals surface area (Å²) in [4.78, 5) is 26.3. The van der Waals surface area contributed by atoms with Crippen LogP contribution < -0.4 is 5.32 Å². The van der Waals surface area contributed by atoms with Gasteiger partial charge in [-0.25, -0.2) is 13.6 Å². The highest BCUT2D eigenvalue weighted by molar-refractivity contribution is 6.47. The van der Waals surface area contributed by atoms with Crippen LogP contribution in [0.2, 0.25) is 0 Å². The first kappa shape index (κ1) is 26.2. The minimum Gasteiger partial charge on any atom is -0.444 e. The summed E-state index contributed by atoms with van der Waals surface area (Å²) in [6.45, 7) is 10.2. The standard InChI is InChI=1S/C27H35BF2N2O5/c1-16(29)24(33)32-11-5-6-20(15-32)35-25(34)31-23(12-17-7-9-19(30)10-8-17)28-36-22-14-18-13-21(26(18,2)3)27(22,4)37-28/h7-10,18,20-23H,1,5-6,11-15H2,2-4H3,(H,31,34)/t18-,20-,21-,22+,23-,27-/m0/s1. The van der Waals surface area contributed by atoms with Crippen molar-refractivity contribution in [3.05, 3.63) is 48.1 Å². The van der Waals surface area contributed by atoms with Gasteiger partial charge in [0.1, 0.15) is 11.9 Å². The molecule has 1 aromatic rings. The number of amides is 2. The van der Waals surface area contributed by atoms with Crippen LogP contribution in [0.25, 0.3) is 0 Å². The van der Waals surface area contributed by atoms with Gasteiger partial charge in [-0.15, -0.1) is 0 Å². The van der Waals surface area contributed by atoms with E-state index in [2.05, 4.69) is 32.7 Å². The van der Waals surface area contributed by atoms with Crippen LogP contribution >= 0.6 is 0 Å². The van der Waals surface area contributed by atoms with Gasteiger partial charge in [-0.1, -0.05) is 32.6 Å². The Labute approximate surface area is 217 Å². The first-order valence-corrected chi connectivity index (χ1v) is 13.2. The SMILES string of the molecule is C=C(F)C(=O)N1CCC[C@H](OC(=O)N[C@@H](Cc2ccc(F)cc2)B2O[C@@H]3C[C@@H]4C[C@@H](C4(C)C)[C@]3(C)O2)C1. The maximum absolute atomic E-state index is 13.5. The molecule has 2 bridgehead atoms. The molecule has 7 nitrogen and oxygen atoms in total. The first-order valence-electron chi connectivity index (χ1n) is 13.2. The Morgan fingerprint density at radius 1 is 1.27 bits per heavy atom. The number of piperidine rings is 1. The van der Waals surface area contributed by atoms with E-state index >= 15 is 0 Å². The zero-order valence-corrected chi connectivity index (χ0v) is 21.7. The third-order valence-electron chi connectivity index (χ3n) is 9.14. The van der Waals surface area contributed by atoms with Crippen molar-refractivity contribution in [1.29, 1.82) is 0 Å². The summed E-state index contributed by atoms with van der Waals surface area (Å²) in [5.41, 5.74) is 0.547. The van der Waals surface area contributed by atoms with Gasteiger partial charge in [0.2, 0.25) is 0 Å². The highest BCUT2D eigenvalue weighted by Crippen LogP contribution is 2.65. The molecule has 5 fully saturated rings. The summed E-state index contributed by atoms with van der Waals surface area (Å²) in [5.74, 6) is -1.78. The van der Waals surface area contributed by atoms with Crippen LogP contribution in [0.15, 0.2) is 36.7 Å². The summed E-state index contributed by atoms with van der Waals surface area (Å²) < 4.78 is 45.5. The highest BCUT2D eigenvalue weighted by Gasteiger charge is 2.68. The number of hydrogen-bond donors (Lipinski definition) is 1. The molecule has 0 aromatic heterocycles. The summed E-state index contributed by atoms with van der Waals surface area (Å²) in [6, 6.07) is 6.11. The van der Waals surface area contributed by atoms with E-state index in [-0.39, 0.29) is 23.9 Å². The Balaban J connectivity index is 1.28. The second-order valence-corrected chi connectivity index (χ2v) is 11.7. The molecule has 1 aromatic carbocycles. The third-order valence-corrected chi connectivity index (χ3v) is 9.14. The van der Waals surface area contributed by atoms with Gasteiger partial charge >= 0.3 is 13.2 Å². The van der Waals surface area contributed by atoms with E-state index in [0.29, 0.717) is 37.6 Å². The predicted molar refractivity (Wildman–Crippen MR) is 133 cm³/mol. The van der Waals surface area contributed by atoms with E-state index < -0.39 is 42.6 Å². The van der Waals surface area contributed by atoms with Crippen molar-refractivity contribution in [3.63, 3.8) is 0 Å². The van der Waals surface area contributed by atoms with Gasteiger partial charge in [-0.3, -0.25) is 4.79 Å². The highest BCUT2D eigenvalue weighted by atomic mass is 19.1. The Morgan fingerprint density at radius 3 is 2.68 bits per heavy atom. The van der Waals surface area contributed by atoms with Gasteiger partial charge in [-0.05, 0) is 74.0 Å². The number of ether oxygens (including phenoxy) is 1. The Morgan fingerprint density at radius 2 is 2.00 bits per heavy atom. The summed E-state index contributed by atoms with van der Waals surface area (Å²) in [6.07, 6.45) is 2.24. The maximum atomic E-state index is 13.5. The van der Waals surface area contributed by atoms with Gasteiger partial charge in [0.05, 0.1) is 24.2 Å². The molecule has 1 N–H and O–H groups in total. The largest absolute Gasteiger partial charge is 0.482 e.